The predicted octanol–water partition coefficient (Wildman–Crippen LogP) is 3.07. The summed E-state index contributed by atoms with van der Waals surface area (Å²) in [5.41, 5.74) is 0.697. The lowest BCUT2D eigenvalue weighted by molar-refractivity contribution is 0.0951. The number of carbonyl (C=O) groups excluding carboxylic acids is 1. The summed E-state index contributed by atoms with van der Waals surface area (Å²) in [5, 5.41) is 8.64. The van der Waals surface area contributed by atoms with Crippen LogP contribution in [0.15, 0.2) is 53.6 Å². The molecule has 0 aliphatic heterocycles. The van der Waals surface area contributed by atoms with Gasteiger partial charge in [-0.1, -0.05) is 12.1 Å². The van der Waals surface area contributed by atoms with Gasteiger partial charge in [0, 0.05) is 25.4 Å². The van der Waals surface area contributed by atoms with Crippen LogP contribution in [-0.4, -0.2) is 48.1 Å². The lowest BCUT2D eigenvalue weighted by Gasteiger charge is -2.12. The number of aryl methyl sites for hydroxylation is 2. The molecule has 0 atom stereocenters. The Morgan fingerprint density at radius 1 is 1.00 bits per heavy atom. The number of amides is 1. The van der Waals surface area contributed by atoms with Crippen molar-refractivity contribution in [3.63, 3.8) is 0 Å². The van der Waals surface area contributed by atoms with Crippen LogP contribution in [0.2, 0.25) is 0 Å². The van der Waals surface area contributed by atoms with E-state index >= 15 is 0 Å². The van der Waals surface area contributed by atoms with Crippen molar-refractivity contribution in [2.75, 3.05) is 23.7 Å². The summed E-state index contributed by atoms with van der Waals surface area (Å²) in [6.07, 6.45) is 1.68. The van der Waals surface area contributed by atoms with Crippen LogP contribution in [0.3, 0.4) is 0 Å². The average Bonchev–Trinajstić information content (AvgIpc) is 2.76. The molecule has 0 spiro atoms. The molecule has 0 saturated heterocycles. The first kappa shape index (κ1) is 24.0. The summed E-state index contributed by atoms with van der Waals surface area (Å²) in [5.74, 6) is -2.24. The molecule has 3 aromatic rings. The Hall–Kier alpha value is -3.67. The number of carbonyl (C=O) groups is 1. The van der Waals surface area contributed by atoms with Crippen molar-refractivity contribution in [1.82, 2.24) is 20.3 Å². The molecule has 3 rings (SSSR count). The molecule has 0 aliphatic rings. The Kier molecular flexibility index (Phi) is 7.48. The van der Waals surface area contributed by atoms with Crippen LogP contribution in [-0.2, 0) is 9.84 Å². The van der Waals surface area contributed by atoms with Gasteiger partial charge in [-0.3, -0.25) is 4.79 Å². The summed E-state index contributed by atoms with van der Waals surface area (Å²) in [4.78, 5) is 24.5. The van der Waals surface area contributed by atoms with Crippen molar-refractivity contribution in [2.24, 2.45) is 0 Å². The van der Waals surface area contributed by atoms with Gasteiger partial charge in [0.2, 0.25) is 9.84 Å². The fraction of sp³-hybridized carbons (Fsp3) is 0.238. The number of pyridine rings is 1. The van der Waals surface area contributed by atoms with E-state index in [1.54, 1.807) is 19.2 Å². The fourth-order valence-corrected chi connectivity index (χ4v) is 3.85. The van der Waals surface area contributed by atoms with Gasteiger partial charge in [-0.25, -0.2) is 23.4 Å². The van der Waals surface area contributed by atoms with Gasteiger partial charge in [0.15, 0.2) is 0 Å². The zero-order valence-electron chi connectivity index (χ0n) is 17.8. The van der Waals surface area contributed by atoms with E-state index in [0.717, 1.165) is 11.6 Å². The molecular weight excluding hydrogens is 454 g/mol. The summed E-state index contributed by atoms with van der Waals surface area (Å²) in [6.45, 7) is 4.00. The maximum absolute atomic E-state index is 12.9. The quantitative estimate of drug-likeness (QED) is 0.402. The second kappa shape index (κ2) is 10.3. The lowest BCUT2D eigenvalue weighted by Crippen LogP contribution is -2.30. The van der Waals surface area contributed by atoms with Gasteiger partial charge in [-0.05, 0) is 43.7 Å². The van der Waals surface area contributed by atoms with Crippen LogP contribution in [0.5, 0.6) is 0 Å². The number of aromatic nitrogens is 3. The first-order valence-corrected chi connectivity index (χ1v) is 11.4. The number of benzene rings is 1. The minimum absolute atomic E-state index is 0.0904. The molecule has 0 bridgehead atoms. The average molecular weight is 477 g/mol. The first-order chi connectivity index (χ1) is 15.7. The largest absolute Gasteiger partial charge is 0.368 e. The molecule has 2 aromatic heterocycles. The molecular formula is C21H22F2N6O3S. The molecule has 174 valence electrons. The number of rotatable bonds is 9. The number of alkyl halides is 2. The van der Waals surface area contributed by atoms with E-state index in [4.69, 9.17) is 0 Å². The van der Waals surface area contributed by atoms with Crippen molar-refractivity contribution >= 4 is 33.2 Å². The molecule has 0 aliphatic carbocycles. The molecule has 1 amide bonds. The zero-order valence-corrected chi connectivity index (χ0v) is 18.7. The molecule has 0 saturated carbocycles. The number of hydrogen-bond donors (Lipinski definition) is 3. The number of nitrogens with zero attached hydrogens (tertiary/aromatic N) is 3. The highest BCUT2D eigenvalue weighted by atomic mass is 32.2. The third kappa shape index (κ3) is 6.19. The van der Waals surface area contributed by atoms with Gasteiger partial charge in [-0.2, -0.15) is 8.78 Å². The van der Waals surface area contributed by atoms with Crippen LogP contribution in [0.1, 0.15) is 21.7 Å². The maximum atomic E-state index is 12.9. The van der Waals surface area contributed by atoms with Gasteiger partial charge in [0.25, 0.3) is 5.91 Å². The van der Waals surface area contributed by atoms with Gasteiger partial charge in [0.05, 0.1) is 10.5 Å². The molecule has 1 aromatic carbocycles. The Morgan fingerprint density at radius 2 is 1.73 bits per heavy atom. The van der Waals surface area contributed by atoms with E-state index < -0.39 is 26.4 Å². The summed E-state index contributed by atoms with van der Waals surface area (Å²) in [7, 11) is -4.90. The standard InChI is InChI=1S/C21H22F2N6O3S/c1-13-7-8-24-17(11-13)29-19-12-18(27-14(2)28-19)25-9-10-26-20(30)15-5-3-4-6-16(15)33(31,32)21(22)23/h3-8,11-12,21H,9-10H2,1-2H3,(H,26,30)(H2,24,25,27,28,29). The van der Waals surface area contributed by atoms with Gasteiger partial charge in [0.1, 0.15) is 23.3 Å². The zero-order chi connectivity index (χ0) is 24.0. The third-order valence-corrected chi connectivity index (χ3v) is 5.84. The Labute approximate surface area is 189 Å². The van der Waals surface area contributed by atoms with E-state index in [1.807, 2.05) is 19.1 Å². The van der Waals surface area contributed by atoms with E-state index in [2.05, 4.69) is 30.9 Å². The molecule has 0 unspecified atom stereocenters. The van der Waals surface area contributed by atoms with E-state index in [-0.39, 0.29) is 18.7 Å². The van der Waals surface area contributed by atoms with Crippen molar-refractivity contribution in [2.45, 2.75) is 24.5 Å². The second-order valence-electron chi connectivity index (χ2n) is 7.01. The Bertz CT molecular complexity index is 1250. The number of halogens is 2. The summed E-state index contributed by atoms with van der Waals surface area (Å²) in [6, 6.07) is 10.3. The Balaban J connectivity index is 1.61. The van der Waals surface area contributed by atoms with Gasteiger partial charge < -0.3 is 16.0 Å². The van der Waals surface area contributed by atoms with E-state index in [1.165, 1.54) is 18.2 Å². The highest BCUT2D eigenvalue weighted by Crippen LogP contribution is 2.22. The van der Waals surface area contributed by atoms with Crippen LogP contribution >= 0.6 is 0 Å². The smallest absolute Gasteiger partial charge is 0.341 e. The predicted molar refractivity (Wildman–Crippen MR) is 119 cm³/mol. The van der Waals surface area contributed by atoms with Crippen molar-refractivity contribution in [1.29, 1.82) is 0 Å². The Morgan fingerprint density at radius 3 is 2.45 bits per heavy atom. The van der Waals surface area contributed by atoms with Crippen LogP contribution in [0, 0.1) is 13.8 Å². The van der Waals surface area contributed by atoms with Crippen molar-refractivity contribution in [3.8, 4) is 0 Å². The highest BCUT2D eigenvalue weighted by Gasteiger charge is 2.30. The molecule has 33 heavy (non-hydrogen) atoms. The van der Waals surface area contributed by atoms with Gasteiger partial charge >= 0.3 is 5.76 Å². The minimum Gasteiger partial charge on any atom is -0.368 e. The van der Waals surface area contributed by atoms with Crippen molar-refractivity contribution < 1.29 is 22.0 Å². The number of anilines is 3. The molecule has 0 radical (unpaired) electrons. The van der Waals surface area contributed by atoms with Gasteiger partial charge in [-0.15, -0.1) is 0 Å². The highest BCUT2D eigenvalue weighted by molar-refractivity contribution is 7.91. The molecule has 0 fully saturated rings. The minimum atomic E-state index is -4.90. The van der Waals surface area contributed by atoms with E-state index in [9.17, 15) is 22.0 Å². The van der Waals surface area contributed by atoms with E-state index in [0.29, 0.717) is 23.3 Å². The van der Waals surface area contributed by atoms with Crippen LogP contribution in [0.4, 0.5) is 26.2 Å². The molecule has 3 N–H and O–H groups in total. The normalized spacial score (nSPS) is 11.3. The van der Waals surface area contributed by atoms with Crippen LogP contribution < -0.4 is 16.0 Å². The third-order valence-electron chi connectivity index (χ3n) is 4.40. The maximum Gasteiger partial charge on any atom is 0.341 e. The lowest BCUT2D eigenvalue weighted by atomic mass is 10.2. The molecule has 9 nitrogen and oxygen atoms in total. The molecule has 2 heterocycles. The topological polar surface area (TPSA) is 126 Å². The summed E-state index contributed by atoms with van der Waals surface area (Å²) < 4.78 is 49.5. The molecule has 12 heteroatoms. The number of hydrogen-bond acceptors (Lipinski definition) is 8. The van der Waals surface area contributed by atoms with Crippen LogP contribution in [0.25, 0.3) is 0 Å². The number of sulfone groups is 1. The fourth-order valence-electron chi connectivity index (χ4n) is 2.92. The first-order valence-electron chi connectivity index (χ1n) is 9.85. The SMILES string of the molecule is Cc1ccnc(Nc2cc(NCCNC(=O)c3ccccc3S(=O)(=O)C(F)F)nc(C)n2)c1. The monoisotopic (exact) mass is 476 g/mol. The second-order valence-corrected chi connectivity index (χ2v) is 8.90. The van der Waals surface area contributed by atoms with Crippen molar-refractivity contribution in [3.05, 3.63) is 65.6 Å². The summed E-state index contributed by atoms with van der Waals surface area (Å²) >= 11 is 0. The number of nitrogens with one attached hydrogen (secondary N) is 3.